The molecule has 0 spiro atoms. The smallest absolute Gasteiger partial charge is 0.243 e. The van der Waals surface area contributed by atoms with Crippen LogP contribution in [0, 0.1) is 0 Å². The minimum atomic E-state index is -3.44. The molecule has 2 N–H and O–H groups in total. The van der Waals surface area contributed by atoms with E-state index in [2.05, 4.69) is 0 Å². The fraction of sp³-hybridized carbons (Fsp3) is 0.538. The SMILES string of the molecule is CN(C)CCCN(C)S(=O)(=O)c1ccccc1CN. The Kier molecular flexibility index (Phi) is 5.93. The maximum absolute atomic E-state index is 12.4. The van der Waals surface area contributed by atoms with Gasteiger partial charge < -0.3 is 10.6 Å². The van der Waals surface area contributed by atoms with Crippen LogP contribution in [0.1, 0.15) is 12.0 Å². The summed E-state index contributed by atoms with van der Waals surface area (Å²) in [5, 5.41) is 0. The Hall–Kier alpha value is -0.950. The van der Waals surface area contributed by atoms with Crippen molar-refractivity contribution in [1.82, 2.24) is 9.21 Å². The minimum Gasteiger partial charge on any atom is -0.326 e. The summed E-state index contributed by atoms with van der Waals surface area (Å²) in [5.41, 5.74) is 6.25. The lowest BCUT2D eigenvalue weighted by Gasteiger charge is -2.19. The van der Waals surface area contributed by atoms with Crippen molar-refractivity contribution in [2.75, 3.05) is 34.2 Å². The molecule has 0 saturated carbocycles. The van der Waals surface area contributed by atoms with Gasteiger partial charge in [0.2, 0.25) is 10.0 Å². The highest BCUT2D eigenvalue weighted by atomic mass is 32.2. The van der Waals surface area contributed by atoms with Crippen molar-refractivity contribution in [3.8, 4) is 0 Å². The van der Waals surface area contributed by atoms with Gasteiger partial charge in [0, 0.05) is 20.1 Å². The van der Waals surface area contributed by atoms with Crippen molar-refractivity contribution >= 4 is 10.0 Å². The molecule has 108 valence electrons. The quantitative estimate of drug-likeness (QED) is 0.801. The number of nitrogens with two attached hydrogens (primary N) is 1. The molecule has 0 aliphatic carbocycles. The molecule has 0 aliphatic heterocycles. The number of rotatable bonds is 7. The van der Waals surface area contributed by atoms with E-state index in [1.165, 1.54) is 4.31 Å². The van der Waals surface area contributed by atoms with E-state index in [1.54, 1.807) is 31.3 Å². The molecule has 1 aromatic carbocycles. The second-order valence-corrected chi connectivity index (χ2v) is 6.81. The van der Waals surface area contributed by atoms with Crippen molar-refractivity contribution in [3.63, 3.8) is 0 Å². The molecule has 0 amide bonds. The van der Waals surface area contributed by atoms with Crippen molar-refractivity contribution in [3.05, 3.63) is 29.8 Å². The number of hydrogen-bond donors (Lipinski definition) is 1. The number of sulfonamides is 1. The number of benzene rings is 1. The normalized spacial score (nSPS) is 12.3. The first kappa shape index (κ1) is 16.1. The van der Waals surface area contributed by atoms with Gasteiger partial charge in [0.05, 0.1) is 4.90 Å². The van der Waals surface area contributed by atoms with Crippen LogP contribution in [-0.2, 0) is 16.6 Å². The Morgan fingerprint density at radius 1 is 1.11 bits per heavy atom. The number of nitrogens with zero attached hydrogens (tertiary/aromatic N) is 2. The van der Waals surface area contributed by atoms with Crippen LogP contribution in [0.5, 0.6) is 0 Å². The van der Waals surface area contributed by atoms with Crippen LogP contribution in [-0.4, -0.2) is 51.9 Å². The molecule has 1 aromatic rings. The van der Waals surface area contributed by atoms with Gasteiger partial charge in [0.15, 0.2) is 0 Å². The van der Waals surface area contributed by atoms with Gasteiger partial charge in [-0.1, -0.05) is 18.2 Å². The summed E-state index contributed by atoms with van der Waals surface area (Å²) in [6.07, 6.45) is 0.799. The fourth-order valence-corrected chi connectivity index (χ4v) is 3.26. The van der Waals surface area contributed by atoms with Crippen molar-refractivity contribution < 1.29 is 8.42 Å². The lowest BCUT2D eigenvalue weighted by Crippen LogP contribution is -2.30. The molecule has 6 heteroatoms. The second kappa shape index (κ2) is 7.00. The van der Waals surface area contributed by atoms with Crippen molar-refractivity contribution in [2.45, 2.75) is 17.9 Å². The van der Waals surface area contributed by atoms with Crippen LogP contribution in [0.15, 0.2) is 29.2 Å². The summed E-state index contributed by atoms with van der Waals surface area (Å²) in [4.78, 5) is 2.35. The first-order valence-electron chi connectivity index (χ1n) is 6.28. The molecular weight excluding hydrogens is 262 g/mol. The molecule has 0 radical (unpaired) electrons. The number of hydrogen-bond acceptors (Lipinski definition) is 4. The van der Waals surface area contributed by atoms with E-state index < -0.39 is 10.0 Å². The minimum absolute atomic E-state index is 0.223. The molecule has 5 nitrogen and oxygen atoms in total. The summed E-state index contributed by atoms with van der Waals surface area (Å²) < 4.78 is 26.3. The van der Waals surface area contributed by atoms with E-state index in [0.717, 1.165) is 13.0 Å². The highest BCUT2D eigenvalue weighted by molar-refractivity contribution is 7.89. The van der Waals surface area contributed by atoms with Gasteiger partial charge in [0.25, 0.3) is 0 Å². The predicted molar refractivity (Wildman–Crippen MR) is 77.3 cm³/mol. The summed E-state index contributed by atoms with van der Waals surface area (Å²) in [6.45, 7) is 1.58. The Morgan fingerprint density at radius 3 is 2.32 bits per heavy atom. The summed E-state index contributed by atoms with van der Waals surface area (Å²) in [6, 6.07) is 6.88. The largest absolute Gasteiger partial charge is 0.326 e. The first-order chi connectivity index (χ1) is 8.89. The highest BCUT2D eigenvalue weighted by Crippen LogP contribution is 2.18. The maximum Gasteiger partial charge on any atom is 0.243 e. The monoisotopic (exact) mass is 285 g/mol. The second-order valence-electron chi connectivity index (χ2n) is 4.80. The van der Waals surface area contributed by atoms with Crippen LogP contribution in [0.25, 0.3) is 0 Å². The molecular formula is C13H23N3O2S. The lowest BCUT2D eigenvalue weighted by molar-refractivity contribution is 0.370. The van der Waals surface area contributed by atoms with E-state index in [0.29, 0.717) is 17.0 Å². The zero-order valence-corrected chi connectivity index (χ0v) is 12.7. The van der Waals surface area contributed by atoms with Crippen LogP contribution < -0.4 is 5.73 Å². The molecule has 0 aromatic heterocycles. The molecule has 19 heavy (non-hydrogen) atoms. The third-order valence-corrected chi connectivity index (χ3v) is 4.92. The van der Waals surface area contributed by atoms with E-state index >= 15 is 0 Å². The summed E-state index contributed by atoms with van der Waals surface area (Å²) in [7, 11) is 2.11. The van der Waals surface area contributed by atoms with Gasteiger partial charge in [-0.15, -0.1) is 0 Å². The molecule has 0 atom stereocenters. The van der Waals surface area contributed by atoms with Gasteiger partial charge >= 0.3 is 0 Å². The van der Waals surface area contributed by atoms with Crippen LogP contribution in [0.4, 0.5) is 0 Å². The Morgan fingerprint density at radius 2 is 1.74 bits per heavy atom. The molecule has 0 heterocycles. The predicted octanol–water partition coefficient (Wildman–Crippen LogP) is 0.717. The maximum atomic E-state index is 12.4. The molecule has 0 bridgehead atoms. The zero-order chi connectivity index (χ0) is 14.5. The molecule has 1 rings (SSSR count). The van der Waals surface area contributed by atoms with Crippen LogP contribution >= 0.6 is 0 Å². The topological polar surface area (TPSA) is 66.6 Å². The third kappa shape index (κ3) is 4.28. The van der Waals surface area contributed by atoms with Gasteiger partial charge in [-0.2, -0.15) is 0 Å². The van der Waals surface area contributed by atoms with Gasteiger partial charge in [-0.3, -0.25) is 0 Å². The molecule has 0 fully saturated rings. The van der Waals surface area contributed by atoms with Crippen molar-refractivity contribution in [1.29, 1.82) is 0 Å². The molecule has 0 unspecified atom stereocenters. The van der Waals surface area contributed by atoms with Gasteiger partial charge in [-0.05, 0) is 38.7 Å². The van der Waals surface area contributed by atoms with Gasteiger partial charge in [0.1, 0.15) is 0 Å². The Bertz CT molecular complexity index is 500. The van der Waals surface area contributed by atoms with E-state index in [1.807, 2.05) is 19.0 Å². The Balaban J connectivity index is 2.85. The highest BCUT2D eigenvalue weighted by Gasteiger charge is 2.22. The van der Waals surface area contributed by atoms with E-state index in [9.17, 15) is 8.42 Å². The van der Waals surface area contributed by atoms with Crippen LogP contribution in [0.2, 0.25) is 0 Å². The average Bonchev–Trinajstić information content (AvgIpc) is 2.38. The standard InChI is InChI=1S/C13H23N3O2S/c1-15(2)9-6-10-16(3)19(17,18)13-8-5-4-7-12(13)11-14/h4-5,7-8H,6,9-11,14H2,1-3H3. The van der Waals surface area contributed by atoms with E-state index in [4.69, 9.17) is 5.73 Å². The zero-order valence-electron chi connectivity index (χ0n) is 11.8. The average molecular weight is 285 g/mol. The Labute approximate surface area is 116 Å². The van der Waals surface area contributed by atoms with E-state index in [-0.39, 0.29) is 6.54 Å². The first-order valence-corrected chi connectivity index (χ1v) is 7.72. The molecule has 0 aliphatic rings. The lowest BCUT2D eigenvalue weighted by atomic mass is 10.2. The fourth-order valence-electron chi connectivity index (χ4n) is 1.82. The summed E-state index contributed by atoms with van der Waals surface area (Å²) >= 11 is 0. The van der Waals surface area contributed by atoms with Crippen LogP contribution in [0.3, 0.4) is 0 Å². The van der Waals surface area contributed by atoms with Gasteiger partial charge in [-0.25, -0.2) is 12.7 Å². The third-order valence-electron chi connectivity index (χ3n) is 2.96. The van der Waals surface area contributed by atoms with Crippen molar-refractivity contribution in [2.24, 2.45) is 5.73 Å². The summed E-state index contributed by atoms with van der Waals surface area (Å²) in [5.74, 6) is 0. The molecule has 0 saturated heterocycles.